The highest BCUT2D eigenvalue weighted by atomic mass is 16.5. The van der Waals surface area contributed by atoms with Crippen LogP contribution >= 0.6 is 0 Å². The molecule has 132 valence electrons. The first-order valence-electron chi connectivity index (χ1n) is 9.76. The van der Waals surface area contributed by atoms with E-state index >= 15 is 0 Å². The van der Waals surface area contributed by atoms with Crippen LogP contribution in [0.1, 0.15) is 72.1 Å². The van der Waals surface area contributed by atoms with Gasteiger partial charge in [0.25, 0.3) is 0 Å². The molecule has 3 heteroatoms. The summed E-state index contributed by atoms with van der Waals surface area (Å²) in [5, 5.41) is 0. The number of ketones is 1. The fourth-order valence-electron chi connectivity index (χ4n) is 6.91. The van der Waals surface area contributed by atoms with Gasteiger partial charge in [-0.3, -0.25) is 9.59 Å². The topological polar surface area (TPSA) is 43.4 Å². The third kappa shape index (κ3) is 2.23. The van der Waals surface area contributed by atoms with Crippen LogP contribution in [0.25, 0.3) is 0 Å². The Labute approximate surface area is 145 Å². The minimum atomic E-state index is -0.129. The normalized spacial score (nSPS) is 47.3. The smallest absolute Gasteiger partial charge is 0.302 e. The van der Waals surface area contributed by atoms with Crippen LogP contribution in [0.5, 0.6) is 0 Å². The summed E-state index contributed by atoms with van der Waals surface area (Å²) in [4.78, 5) is 23.4. The van der Waals surface area contributed by atoms with Crippen LogP contribution in [0, 0.1) is 28.6 Å². The van der Waals surface area contributed by atoms with E-state index in [0.29, 0.717) is 17.6 Å². The van der Waals surface area contributed by atoms with Crippen molar-refractivity contribution in [2.24, 2.45) is 28.6 Å². The van der Waals surface area contributed by atoms with Gasteiger partial charge in [0.15, 0.2) is 5.78 Å². The summed E-state index contributed by atoms with van der Waals surface area (Å²) in [6, 6.07) is 0. The summed E-state index contributed by atoms with van der Waals surface area (Å²) in [5.74, 6) is 2.32. The van der Waals surface area contributed by atoms with E-state index in [4.69, 9.17) is 4.74 Å². The third-order valence-electron chi connectivity index (χ3n) is 8.18. The molecule has 0 aromatic heterocycles. The maximum Gasteiger partial charge on any atom is 0.302 e. The predicted molar refractivity (Wildman–Crippen MR) is 92.3 cm³/mol. The molecule has 5 unspecified atom stereocenters. The summed E-state index contributed by atoms with van der Waals surface area (Å²) in [6.45, 7) is 6.33. The molecule has 4 aliphatic rings. The second-order valence-corrected chi connectivity index (χ2v) is 9.19. The number of hydrogen-bond acceptors (Lipinski definition) is 3. The van der Waals surface area contributed by atoms with Gasteiger partial charge in [0.05, 0.1) is 0 Å². The Balaban J connectivity index is 1.62. The second-order valence-electron chi connectivity index (χ2n) is 9.19. The van der Waals surface area contributed by atoms with E-state index in [1.165, 1.54) is 24.8 Å². The molecule has 0 spiro atoms. The number of hydrogen-bond donors (Lipinski definition) is 0. The van der Waals surface area contributed by atoms with Crippen LogP contribution < -0.4 is 0 Å². The number of allylic oxidation sites excluding steroid dienone is 1. The maximum absolute atomic E-state index is 11.9. The molecule has 0 radical (unpaired) electrons. The lowest BCUT2D eigenvalue weighted by molar-refractivity contribution is -0.157. The summed E-state index contributed by atoms with van der Waals surface area (Å²) in [6.07, 6.45) is 10.8. The number of carbonyl (C=O) groups is 2. The van der Waals surface area contributed by atoms with E-state index in [-0.39, 0.29) is 22.9 Å². The van der Waals surface area contributed by atoms with E-state index in [1.807, 2.05) is 6.08 Å². The Morgan fingerprint density at radius 1 is 1.08 bits per heavy atom. The molecule has 0 saturated heterocycles. The molecule has 0 amide bonds. The summed E-state index contributed by atoms with van der Waals surface area (Å²) < 4.78 is 5.71. The van der Waals surface area contributed by atoms with E-state index < -0.39 is 0 Å². The quantitative estimate of drug-likeness (QED) is 0.667. The number of ether oxygens (including phenoxy) is 1. The fourth-order valence-corrected chi connectivity index (χ4v) is 6.91. The molecule has 4 rings (SSSR count). The highest BCUT2D eigenvalue weighted by Gasteiger charge is 2.59. The van der Waals surface area contributed by atoms with Gasteiger partial charge in [-0.2, -0.15) is 0 Å². The summed E-state index contributed by atoms with van der Waals surface area (Å²) in [7, 11) is 0. The predicted octanol–water partition coefficient (Wildman–Crippen LogP) is 4.45. The molecule has 6 atom stereocenters. The average molecular weight is 330 g/mol. The first-order chi connectivity index (χ1) is 11.3. The summed E-state index contributed by atoms with van der Waals surface area (Å²) >= 11 is 0. The van der Waals surface area contributed by atoms with Crippen LogP contribution in [0.15, 0.2) is 11.6 Å². The highest BCUT2D eigenvalue weighted by molar-refractivity contribution is 5.91. The monoisotopic (exact) mass is 330 g/mol. The van der Waals surface area contributed by atoms with Crippen LogP contribution in [-0.2, 0) is 14.3 Å². The van der Waals surface area contributed by atoms with Gasteiger partial charge < -0.3 is 4.74 Å². The molecule has 0 bridgehead atoms. The lowest BCUT2D eigenvalue weighted by Crippen LogP contribution is -2.51. The molecule has 3 nitrogen and oxygen atoms in total. The van der Waals surface area contributed by atoms with Crippen molar-refractivity contribution in [2.45, 2.75) is 78.2 Å². The van der Waals surface area contributed by atoms with Crippen molar-refractivity contribution in [3.63, 3.8) is 0 Å². The minimum absolute atomic E-state index is 0.110. The van der Waals surface area contributed by atoms with Crippen LogP contribution in [0.4, 0.5) is 0 Å². The van der Waals surface area contributed by atoms with Crippen molar-refractivity contribution < 1.29 is 14.3 Å². The van der Waals surface area contributed by atoms with Crippen molar-refractivity contribution >= 4 is 11.8 Å². The van der Waals surface area contributed by atoms with Crippen LogP contribution in [0.3, 0.4) is 0 Å². The van der Waals surface area contributed by atoms with Crippen LogP contribution in [-0.4, -0.2) is 17.9 Å². The van der Waals surface area contributed by atoms with E-state index in [9.17, 15) is 9.59 Å². The zero-order valence-corrected chi connectivity index (χ0v) is 15.3. The molecular weight excluding hydrogens is 300 g/mol. The van der Waals surface area contributed by atoms with Crippen molar-refractivity contribution in [3.8, 4) is 0 Å². The molecule has 0 heterocycles. The Morgan fingerprint density at radius 3 is 2.62 bits per heavy atom. The zero-order valence-electron chi connectivity index (χ0n) is 15.3. The van der Waals surface area contributed by atoms with Crippen molar-refractivity contribution in [1.82, 2.24) is 0 Å². The molecule has 0 N–H and O–H groups in total. The maximum atomic E-state index is 11.9. The van der Waals surface area contributed by atoms with Crippen molar-refractivity contribution in [1.29, 1.82) is 0 Å². The molecule has 0 aromatic rings. The van der Waals surface area contributed by atoms with E-state index in [2.05, 4.69) is 13.8 Å². The number of rotatable bonds is 1. The SMILES string of the molecule is CC(=O)O[C@H]1CCC2C3CCC4=CC(=O)CCC4(C)C3CCC21C. The molecule has 4 aliphatic carbocycles. The first-order valence-corrected chi connectivity index (χ1v) is 9.76. The molecule has 3 fully saturated rings. The van der Waals surface area contributed by atoms with Crippen molar-refractivity contribution in [3.05, 3.63) is 11.6 Å². The Morgan fingerprint density at radius 2 is 1.88 bits per heavy atom. The molecule has 0 aromatic carbocycles. The lowest BCUT2D eigenvalue weighted by atomic mass is 9.47. The van der Waals surface area contributed by atoms with Gasteiger partial charge in [0.1, 0.15) is 6.10 Å². The summed E-state index contributed by atoms with van der Waals surface area (Å²) in [5.41, 5.74) is 1.82. The van der Waals surface area contributed by atoms with E-state index in [1.54, 1.807) is 6.92 Å². The van der Waals surface area contributed by atoms with Gasteiger partial charge >= 0.3 is 5.97 Å². The van der Waals surface area contributed by atoms with Crippen molar-refractivity contribution in [2.75, 3.05) is 0 Å². The first kappa shape index (κ1) is 16.4. The van der Waals surface area contributed by atoms with Gasteiger partial charge in [0.2, 0.25) is 0 Å². The fraction of sp³-hybridized carbons (Fsp3) is 0.810. The van der Waals surface area contributed by atoms with Gasteiger partial charge in [-0.05, 0) is 74.2 Å². The Kier molecular flexibility index (Phi) is 3.71. The van der Waals surface area contributed by atoms with Gasteiger partial charge in [-0.1, -0.05) is 19.4 Å². The standard InChI is InChI=1S/C21H30O3/c1-13(22)24-19-7-6-17-16-5-4-14-12-15(23)8-10-20(14,2)18(16)9-11-21(17,19)3/h12,16-19H,4-11H2,1-3H3/t16?,17?,18?,19-,20?,21?/m0/s1. The minimum Gasteiger partial charge on any atom is -0.462 e. The van der Waals surface area contributed by atoms with E-state index in [0.717, 1.165) is 38.0 Å². The number of carbonyl (C=O) groups excluding carboxylic acids is 2. The molecular formula is C21H30O3. The second kappa shape index (κ2) is 5.44. The number of esters is 1. The Bertz CT molecular complexity index is 606. The highest BCUT2D eigenvalue weighted by Crippen LogP contribution is 2.65. The van der Waals surface area contributed by atoms with Gasteiger partial charge in [0, 0.05) is 18.8 Å². The van der Waals surface area contributed by atoms with Crippen LogP contribution in [0.2, 0.25) is 0 Å². The van der Waals surface area contributed by atoms with Gasteiger partial charge in [-0.15, -0.1) is 0 Å². The largest absolute Gasteiger partial charge is 0.462 e. The average Bonchev–Trinajstić information content (AvgIpc) is 2.84. The molecule has 24 heavy (non-hydrogen) atoms. The zero-order chi connectivity index (χ0) is 17.1. The van der Waals surface area contributed by atoms with Gasteiger partial charge in [-0.25, -0.2) is 0 Å². The third-order valence-corrected chi connectivity index (χ3v) is 8.18. The Hall–Kier alpha value is -1.12. The lowest BCUT2D eigenvalue weighted by Gasteiger charge is -2.57. The molecule has 3 saturated carbocycles. The molecule has 0 aliphatic heterocycles. The number of fused-ring (bicyclic) bond motifs is 5.